The molecule has 0 unspecified atom stereocenters. The molecule has 100 valence electrons. The molecule has 0 saturated carbocycles. The van der Waals surface area contributed by atoms with E-state index >= 15 is 0 Å². The van der Waals surface area contributed by atoms with Gasteiger partial charge in [0.15, 0.2) is 5.82 Å². The van der Waals surface area contributed by atoms with Crippen LogP contribution in [0.5, 0.6) is 0 Å². The molecule has 0 atom stereocenters. The number of amides is 1. The van der Waals surface area contributed by atoms with Crippen molar-refractivity contribution in [2.75, 3.05) is 5.32 Å². The summed E-state index contributed by atoms with van der Waals surface area (Å²) in [4.78, 5) is 15.5. The quantitative estimate of drug-likeness (QED) is 0.873. The number of anilines is 1. The van der Waals surface area contributed by atoms with Gasteiger partial charge in [0.1, 0.15) is 11.5 Å². The Labute approximate surface area is 110 Å². The summed E-state index contributed by atoms with van der Waals surface area (Å²) < 4.78 is 12.7. The maximum atomic E-state index is 12.7. The van der Waals surface area contributed by atoms with Gasteiger partial charge in [0.2, 0.25) is 0 Å². The smallest absolute Gasteiger partial charge is 0.275 e. The van der Waals surface area contributed by atoms with Gasteiger partial charge in [0, 0.05) is 17.2 Å². The third-order valence-corrected chi connectivity index (χ3v) is 2.59. The van der Waals surface area contributed by atoms with Crippen molar-refractivity contribution in [2.24, 2.45) is 0 Å². The van der Waals surface area contributed by atoms with Gasteiger partial charge < -0.3 is 5.32 Å². The molecule has 2 heterocycles. The van der Waals surface area contributed by atoms with Crippen LogP contribution in [0.15, 0.2) is 24.4 Å². The molecule has 0 bridgehead atoms. The topological polar surface area (TPSA) is 70.7 Å². The Morgan fingerprint density at radius 3 is 2.63 bits per heavy atom. The Morgan fingerprint density at radius 1 is 1.37 bits per heavy atom. The average Bonchev–Trinajstić information content (AvgIpc) is 2.78. The molecule has 0 fully saturated rings. The van der Waals surface area contributed by atoms with Crippen LogP contribution in [0.3, 0.4) is 0 Å². The van der Waals surface area contributed by atoms with Gasteiger partial charge in [-0.1, -0.05) is 20.8 Å². The first-order chi connectivity index (χ1) is 8.86. The van der Waals surface area contributed by atoms with Crippen LogP contribution in [-0.2, 0) is 5.41 Å². The first kappa shape index (κ1) is 13.2. The van der Waals surface area contributed by atoms with Gasteiger partial charge in [-0.05, 0) is 12.1 Å². The van der Waals surface area contributed by atoms with E-state index in [-0.39, 0.29) is 11.1 Å². The fourth-order valence-electron chi connectivity index (χ4n) is 1.46. The van der Waals surface area contributed by atoms with Gasteiger partial charge >= 0.3 is 0 Å². The third kappa shape index (κ3) is 3.15. The summed E-state index contributed by atoms with van der Waals surface area (Å²) in [6.45, 7) is 6.11. The van der Waals surface area contributed by atoms with Crippen LogP contribution >= 0.6 is 0 Å². The van der Waals surface area contributed by atoms with E-state index in [1.165, 1.54) is 12.1 Å². The van der Waals surface area contributed by atoms with E-state index < -0.39 is 11.7 Å². The number of halogens is 1. The third-order valence-electron chi connectivity index (χ3n) is 2.59. The number of carbonyl (C=O) groups is 1. The number of hydrogen-bond acceptors (Lipinski definition) is 3. The molecule has 2 aromatic rings. The zero-order valence-electron chi connectivity index (χ0n) is 11.0. The highest BCUT2D eigenvalue weighted by Crippen LogP contribution is 2.22. The largest absolute Gasteiger partial charge is 0.304 e. The van der Waals surface area contributed by atoms with Crippen LogP contribution in [-0.4, -0.2) is 21.1 Å². The second-order valence-corrected chi connectivity index (χ2v) is 5.23. The molecule has 0 radical (unpaired) electrons. The molecule has 0 saturated heterocycles. The first-order valence-corrected chi connectivity index (χ1v) is 5.85. The minimum Gasteiger partial charge on any atom is -0.304 e. The monoisotopic (exact) mass is 262 g/mol. The SMILES string of the molecule is CC(C)(C)c1cc(NC(=O)c2ccc(F)cn2)n[nH]1. The van der Waals surface area contributed by atoms with Crippen molar-refractivity contribution in [1.29, 1.82) is 0 Å². The molecule has 19 heavy (non-hydrogen) atoms. The van der Waals surface area contributed by atoms with Crippen molar-refractivity contribution in [2.45, 2.75) is 26.2 Å². The highest BCUT2D eigenvalue weighted by atomic mass is 19.1. The summed E-state index contributed by atoms with van der Waals surface area (Å²) in [7, 11) is 0. The predicted octanol–water partition coefficient (Wildman–Crippen LogP) is 2.49. The van der Waals surface area contributed by atoms with E-state index in [9.17, 15) is 9.18 Å². The van der Waals surface area contributed by atoms with Crippen molar-refractivity contribution in [3.05, 3.63) is 41.6 Å². The summed E-state index contributed by atoms with van der Waals surface area (Å²) in [5.74, 6) is -0.487. The fourth-order valence-corrected chi connectivity index (χ4v) is 1.46. The van der Waals surface area contributed by atoms with Gasteiger partial charge in [-0.3, -0.25) is 9.89 Å². The minimum atomic E-state index is -0.480. The van der Waals surface area contributed by atoms with Crippen molar-refractivity contribution in [1.82, 2.24) is 15.2 Å². The number of nitrogens with zero attached hydrogens (tertiary/aromatic N) is 2. The summed E-state index contributed by atoms with van der Waals surface area (Å²) in [5.41, 5.74) is 0.973. The molecular formula is C13H15FN4O. The van der Waals surface area contributed by atoms with Crippen LogP contribution in [0.1, 0.15) is 37.0 Å². The molecule has 2 aromatic heterocycles. The Balaban J connectivity index is 2.11. The van der Waals surface area contributed by atoms with Gasteiger partial charge in [-0.2, -0.15) is 5.10 Å². The molecule has 0 aliphatic rings. The molecule has 6 heteroatoms. The van der Waals surface area contributed by atoms with Crippen molar-refractivity contribution in [3.63, 3.8) is 0 Å². The van der Waals surface area contributed by atoms with Crippen LogP contribution in [0.4, 0.5) is 10.2 Å². The second-order valence-electron chi connectivity index (χ2n) is 5.23. The van der Waals surface area contributed by atoms with E-state index in [2.05, 4.69) is 20.5 Å². The lowest BCUT2D eigenvalue weighted by atomic mass is 9.92. The van der Waals surface area contributed by atoms with E-state index in [0.717, 1.165) is 11.9 Å². The maximum Gasteiger partial charge on any atom is 0.275 e. The van der Waals surface area contributed by atoms with E-state index in [1.807, 2.05) is 20.8 Å². The van der Waals surface area contributed by atoms with Crippen LogP contribution in [0, 0.1) is 5.82 Å². The summed E-state index contributed by atoms with van der Waals surface area (Å²) in [6.07, 6.45) is 1.00. The normalized spacial score (nSPS) is 11.4. The number of nitrogens with one attached hydrogen (secondary N) is 2. The van der Waals surface area contributed by atoms with Gasteiger partial charge in [0.05, 0.1) is 6.20 Å². The maximum absolute atomic E-state index is 12.7. The van der Waals surface area contributed by atoms with Crippen LogP contribution in [0.25, 0.3) is 0 Å². The molecule has 0 aliphatic carbocycles. The molecule has 0 spiro atoms. The zero-order valence-corrected chi connectivity index (χ0v) is 11.0. The van der Waals surface area contributed by atoms with Gasteiger partial charge in [0.25, 0.3) is 5.91 Å². The van der Waals surface area contributed by atoms with Crippen LogP contribution in [0.2, 0.25) is 0 Å². The van der Waals surface area contributed by atoms with E-state index in [0.29, 0.717) is 5.82 Å². The summed E-state index contributed by atoms with van der Waals surface area (Å²) >= 11 is 0. The Hall–Kier alpha value is -2.24. The molecule has 2 N–H and O–H groups in total. The van der Waals surface area contributed by atoms with Gasteiger partial charge in [-0.25, -0.2) is 9.37 Å². The van der Waals surface area contributed by atoms with E-state index in [1.54, 1.807) is 6.07 Å². The lowest BCUT2D eigenvalue weighted by molar-refractivity contribution is 0.102. The first-order valence-electron chi connectivity index (χ1n) is 5.85. The van der Waals surface area contributed by atoms with E-state index in [4.69, 9.17) is 0 Å². The molecule has 5 nitrogen and oxygen atoms in total. The number of pyridine rings is 1. The number of rotatable bonds is 2. The van der Waals surface area contributed by atoms with Crippen molar-refractivity contribution in [3.8, 4) is 0 Å². The number of hydrogen-bond donors (Lipinski definition) is 2. The zero-order chi connectivity index (χ0) is 14.0. The van der Waals surface area contributed by atoms with Crippen molar-refractivity contribution >= 4 is 11.7 Å². The summed E-state index contributed by atoms with van der Waals surface area (Å²) in [5, 5.41) is 9.48. The number of aromatic amines is 1. The molecular weight excluding hydrogens is 247 g/mol. The standard InChI is InChI=1S/C13H15FN4O/c1-13(2,3)10-6-11(18-17-10)16-12(19)9-5-4-8(14)7-15-9/h4-7H,1-3H3,(H2,16,17,18,19). The minimum absolute atomic E-state index is 0.0793. The fraction of sp³-hybridized carbons (Fsp3) is 0.308. The molecule has 0 aliphatic heterocycles. The molecule has 0 aromatic carbocycles. The highest BCUT2D eigenvalue weighted by Gasteiger charge is 2.17. The highest BCUT2D eigenvalue weighted by molar-refractivity contribution is 6.02. The van der Waals surface area contributed by atoms with Crippen LogP contribution < -0.4 is 5.32 Å². The molecule has 2 rings (SSSR count). The number of carbonyl (C=O) groups excluding carboxylic acids is 1. The lowest BCUT2D eigenvalue weighted by Gasteiger charge is -2.14. The number of H-pyrrole nitrogens is 1. The Kier molecular flexibility index (Phi) is 3.33. The van der Waals surface area contributed by atoms with Crippen molar-refractivity contribution < 1.29 is 9.18 Å². The summed E-state index contributed by atoms with van der Waals surface area (Å²) in [6, 6.07) is 4.27. The Bertz CT molecular complexity index is 583. The molecule has 1 amide bonds. The van der Waals surface area contributed by atoms with Gasteiger partial charge in [-0.15, -0.1) is 0 Å². The predicted molar refractivity (Wildman–Crippen MR) is 69.4 cm³/mol. The second kappa shape index (κ2) is 4.79. The number of aromatic nitrogens is 3. The Morgan fingerprint density at radius 2 is 2.11 bits per heavy atom. The lowest BCUT2D eigenvalue weighted by Crippen LogP contribution is -2.14. The average molecular weight is 262 g/mol.